The first-order chi connectivity index (χ1) is 11.4. The standard InChI is InChI=1S/C16H18F3N3O2/c17-16(18,19)14(22-7-5-20-6-8-22)10-21-15(23)13-9-11-3-1-2-4-12(11)24-13/h1-4,9,14,20H,5-8,10H2,(H,21,23). The van der Waals surface area contributed by atoms with E-state index < -0.39 is 24.7 Å². The molecule has 5 nitrogen and oxygen atoms in total. The Balaban J connectivity index is 1.68. The number of amides is 1. The number of carbonyl (C=O) groups is 1. The Morgan fingerprint density at radius 3 is 2.67 bits per heavy atom. The minimum Gasteiger partial charge on any atom is -0.451 e. The number of nitrogens with zero attached hydrogens (tertiary/aromatic N) is 1. The van der Waals surface area contributed by atoms with Crippen LogP contribution in [0.15, 0.2) is 34.7 Å². The SMILES string of the molecule is O=C(NCC(N1CCNCC1)C(F)(F)F)c1cc2ccccc2o1. The van der Waals surface area contributed by atoms with Crippen molar-refractivity contribution in [2.45, 2.75) is 12.2 Å². The second kappa shape index (κ2) is 6.82. The number of alkyl halides is 3. The highest BCUT2D eigenvalue weighted by Gasteiger charge is 2.43. The molecule has 1 atom stereocenters. The van der Waals surface area contributed by atoms with Gasteiger partial charge in [-0.05, 0) is 12.1 Å². The molecule has 1 aliphatic rings. The van der Waals surface area contributed by atoms with Crippen molar-refractivity contribution in [2.75, 3.05) is 32.7 Å². The van der Waals surface area contributed by atoms with Crippen LogP contribution >= 0.6 is 0 Å². The molecule has 8 heteroatoms. The number of benzene rings is 1. The van der Waals surface area contributed by atoms with Gasteiger partial charge in [0.2, 0.25) is 0 Å². The first-order valence-electron chi connectivity index (χ1n) is 7.73. The van der Waals surface area contributed by atoms with Gasteiger partial charge in [0.15, 0.2) is 5.76 Å². The molecule has 2 N–H and O–H groups in total. The molecule has 1 unspecified atom stereocenters. The quantitative estimate of drug-likeness (QED) is 0.893. The number of hydrogen-bond acceptors (Lipinski definition) is 4. The highest BCUT2D eigenvalue weighted by molar-refractivity contribution is 5.96. The lowest BCUT2D eigenvalue weighted by atomic mass is 10.2. The third kappa shape index (κ3) is 3.70. The van der Waals surface area contributed by atoms with Crippen LogP contribution in [0.1, 0.15) is 10.6 Å². The molecular formula is C16H18F3N3O2. The molecule has 2 aromatic rings. The van der Waals surface area contributed by atoms with Gasteiger partial charge in [-0.2, -0.15) is 13.2 Å². The van der Waals surface area contributed by atoms with E-state index in [4.69, 9.17) is 4.42 Å². The first-order valence-corrected chi connectivity index (χ1v) is 7.73. The van der Waals surface area contributed by atoms with Crippen molar-refractivity contribution in [2.24, 2.45) is 0 Å². The van der Waals surface area contributed by atoms with Crippen molar-refractivity contribution in [3.63, 3.8) is 0 Å². The molecule has 1 aliphatic heterocycles. The van der Waals surface area contributed by atoms with Crippen molar-refractivity contribution in [3.05, 3.63) is 36.1 Å². The summed E-state index contributed by atoms with van der Waals surface area (Å²) in [6.07, 6.45) is -4.40. The Labute approximate surface area is 136 Å². The average Bonchev–Trinajstić information content (AvgIpc) is 2.99. The number of halogens is 3. The molecular weight excluding hydrogens is 323 g/mol. The van der Waals surface area contributed by atoms with E-state index in [1.165, 1.54) is 11.0 Å². The summed E-state index contributed by atoms with van der Waals surface area (Å²) in [6.45, 7) is 1.10. The van der Waals surface area contributed by atoms with Crippen LogP contribution in [0, 0.1) is 0 Å². The summed E-state index contributed by atoms with van der Waals surface area (Å²) in [7, 11) is 0. The van der Waals surface area contributed by atoms with Gasteiger partial charge in [0.05, 0.1) is 0 Å². The van der Waals surface area contributed by atoms with E-state index in [9.17, 15) is 18.0 Å². The molecule has 3 rings (SSSR count). The van der Waals surface area contributed by atoms with Crippen LogP contribution in [0.25, 0.3) is 11.0 Å². The summed E-state index contributed by atoms with van der Waals surface area (Å²) in [4.78, 5) is 13.5. The molecule has 130 valence electrons. The largest absolute Gasteiger partial charge is 0.451 e. The van der Waals surface area contributed by atoms with Crippen molar-refractivity contribution in [1.82, 2.24) is 15.5 Å². The van der Waals surface area contributed by atoms with E-state index in [-0.39, 0.29) is 5.76 Å². The van der Waals surface area contributed by atoms with Gasteiger partial charge in [0.1, 0.15) is 11.6 Å². The lowest BCUT2D eigenvalue weighted by molar-refractivity contribution is -0.183. The van der Waals surface area contributed by atoms with E-state index in [1.54, 1.807) is 24.3 Å². The fraction of sp³-hybridized carbons (Fsp3) is 0.438. The highest BCUT2D eigenvalue weighted by atomic mass is 19.4. The Morgan fingerprint density at radius 2 is 2.00 bits per heavy atom. The van der Waals surface area contributed by atoms with Gasteiger partial charge in [-0.25, -0.2) is 0 Å². The molecule has 2 heterocycles. The summed E-state index contributed by atoms with van der Waals surface area (Å²) >= 11 is 0. The molecule has 1 aromatic carbocycles. The summed E-state index contributed by atoms with van der Waals surface area (Å²) in [5.74, 6) is -0.631. The van der Waals surface area contributed by atoms with Crippen LogP contribution in [0.3, 0.4) is 0 Å². The van der Waals surface area contributed by atoms with Crippen LogP contribution in [0.4, 0.5) is 13.2 Å². The first kappa shape index (κ1) is 16.8. The molecule has 1 fully saturated rings. The van der Waals surface area contributed by atoms with Crippen LogP contribution < -0.4 is 10.6 Å². The fourth-order valence-corrected chi connectivity index (χ4v) is 2.82. The normalized spacial score (nSPS) is 17.8. The lowest BCUT2D eigenvalue weighted by Crippen LogP contribution is -2.57. The maximum absolute atomic E-state index is 13.3. The average molecular weight is 341 g/mol. The number of hydrogen-bond donors (Lipinski definition) is 2. The zero-order valence-corrected chi connectivity index (χ0v) is 12.9. The number of piperazine rings is 1. The molecule has 24 heavy (non-hydrogen) atoms. The van der Waals surface area contributed by atoms with Crippen LogP contribution in [-0.2, 0) is 0 Å². The van der Waals surface area contributed by atoms with Crippen molar-refractivity contribution in [3.8, 4) is 0 Å². The Bertz CT molecular complexity index is 675. The summed E-state index contributed by atoms with van der Waals surface area (Å²) in [6, 6.07) is 6.85. The molecule has 0 spiro atoms. The van der Waals surface area contributed by atoms with Gasteiger partial charge in [-0.1, -0.05) is 18.2 Å². The Kier molecular flexibility index (Phi) is 4.77. The zero-order valence-electron chi connectivity index (χ0n) is 12.9. The summed E-state index contributed by atoms with van der Waals surface area (Å²) < 4.78 is 45.2. The molecule has 0 saturated carbocycles. The Hall–Kier alpha value is -2.06. The number of nitrogens with one attached hydrogen (secondary N) is 2. The number of para-hydroxylation sites is 1. The number of carbonyl (C=O) groups excluding carboxylic acids is 1. The second-order valence-electron chi connectivity index (χ2n) is 5.70. The lowest BCUT2D eigenvalue weighted by Gasteiger charge is -2.35. The van der Waals surface area contributed by atoms with Gasteiger partial charge in [0, 0.05) is 38.1 Å². The van der Waals surface area contributed by atoms with Gasteiger partial charge in [-0.15, -0.1) is 0 Å². The van der Waals surface area contributed by atoms with Gasteiger partial charge >= 0.3 is 6.18 Å². The molecule has 0 bridgehead atoms. The van der Waals surface area contributed by atoms with Gasteiger partial charge < -0.3 is 15.1 Å². The smallest absolute Gasteiger partial charge is 0.405 e. The predicted molar refractivity (Wildman–Crippen MR) is 82.8 cm³/mol. The van der Waals surface area contributed by atoms with E-state index in [1.807, 2.05) is 0 Å². The zero-order chi connectivity index (χ0) is 17.2. The minimum absolute atomic E-state index is 0.0115. The van der Waals surface area contributed by atoms with Crippen LogP contribution in [0.5, 0.6) is 0 Å². The molecule has 1 saturated heterocycles. The molecule has 1 aromatic heterocycles. The van der Waals surface area contributed by atoms with E-state index in [2.05, 4.69) is 10.6 Å². The number of fused-ring (bicyclic) bond motifs is 1. The highest BCUT2D eigenvalue weighted by Crippen LogP contribution is 2.25. The van der Waals surface area contributed by atoms with Crippen molar-refractivity contribution >= 4 is 16.9 Å². The molecule has 1 amide bonds. The number of rotatable bonds is 4. The monoisotopic (exact) mass is 341 g/mol. The maximum atomic E-state index is 13.3. The minimum atomic E-state index is -4.40. The van der Waals surface area contributed by atoms with E-state index in [0.717, 1.165) is 5.39 Å². The van der Waals surface area contributed by atoms with Crippen molar-refractivity contribution < 1.29 is 22.4 Å². The summed E-state index contributed by atoms with van der Waals surface area (Å²) in [5.41, 5.74) is 0.525. The van der Waals surface area contributed by atoms with Gasteiger partial charge in [-0.3, -0.25) is 9.69 Å². The maximum Gasteiger partial charge on any atom is 0.405 e. The van der Waals surface area contributed by atoms with Gasteiger partial charge in [0.25, 0.3) is 5.91 Å². The van der Waals surface area contributed by atoms with Crippen molar-refractivity contribution in [1.29, 1.82) is 0 Å². The molecule has 0 radical (unpaired) electrons. The number of furan rings is 1. The predicted octanol–water partition coefficient (Wildman–Crippen LogP) is 2.00. The van der Waals surface area contributed by atoms with E-state index in [0.29, 0.717) is 31.8 Å². The Morgan fingerprint density at radius 1 is 1.29 bits per heavy atom. The summed E-state index contributed by atoms with van der Waals surface area (Å²) in [5, 5.41) is 6.10. The van der Waals surface area contributed by atoms with Crippen LogP contribution in [-0.4, -0.2) is 55.7 Å². The van der Waals surface area contributed by atoms with E-state index >= 15 is 0 Å². The topological polar surface area (TPSA) is 57.5 Å². The van der Waals surface area contributed by atoms with Crippen LogP contribution in [0.2, 0.25) is 0 Å². The third-order valence-corrected chi connectivity index (χ3v) is 4.08. The molecule has 0 aliphatic carbocycles. The second-order valence-corrected chi connectivity index (χ2v) is 5.70. The fourth-order valence-electron chi connectivity index (χ4n) is 2.82. The third-order valence-electron chi connectivity index (χ3n) is 4.08.